The quantitative estimate of drug-likeness (QED) is 0.776. The van der Waals surface area contributed by atoms with E-state index in [0.29, 0.717) is 24.3 Å². The van der Waals surface area contributed by atoms with Gasteiger partial charge in [-0.05, 0) is 50.0 Å². The number of carbonyl (C=O) groups excluding carboxylic acids is 1. The monoisotopic (exact) mass is 414 g/mol. The lowest BCUT2D eigenvalue weighted by molar-refractivity contribution is -0.134. The van der Waals surface area contributed by atoms with Gasteiger partial charge in [-0.2, -0.15) is 13.2 Å². The number of amides is 1. The minimum atomic E-state index is -4.26. The van der Waals surface area contributed by atoms with Gasteiger partial charge in [-0.15, -0.1) is 12.4 Å². The summed E-state index contributed by atoms with van der Waals surface area (Å²) in [4.78, 5) is 12.7. The summed E-state index contributed by atoms with van der Waals surface area (Å²) in [7, 11) is -3.65. The zero-order valence-electron chi connectivity index (χ0n) is 14.2. The molecule has 10 heteroatoms. The minimum absolute atomic E-state index is 0. The first-order valence-electron chi connectivity index (χ1n) is 7.91. The van der Waals surface area contributed by atoms with Gasteiger partial charge in [0.05, 0.1) is 0 Å². The molecule has 1 saturated heterocycles. The molecule has 0 atom stereocenters. The summed E-state index contributed by atoms with van der Waals surface area (Å²) in [5, 5.41) is 5.59. The largest absolute Gasteiger partial charge is 0.389 e. The van der Waals surface area contributed by atoms with Crippen molar-refractivity contribution in [3.05, 3.63) is 29.8 Å². The molecule has 26 heavy (non-hydrogen) atoms. The van der Waals surface area contributed by atoms with Gasteiger partial charge in [0.15, 0.2) is 14.6 Å². The first kappa shape index (κ1) is 22.7. The predicted octanol–water partition coefficient (Wildman–Crippen LogP) is 2.71. The standard InChI is InChI=1S/C16H21F3N2O3S.ClH/c1-25(23,24)15(7-9-20-10-8-15)14(22)21-13-4-2-3-12(11-13)5-6-16(17,18)19;/h2-4,11,20H,5-10H2,1H3,(H,21,22);1H. The summed E-state index contributed by atoms with van der Waals surface area (Å²) in [5.74, 6) is -0.635. The van der Waals surface area contributed by atoms with Crippen LogP contribution >= 0.6 is 12.4 Å². The Hall–Kier alpha value is -1.32. The van der Waals surface area contributed by atoms with Crippen molar-refractivity contribution in [1.29, 1.82) is 0 Å². The molecule has 1 fully saturated rings. The summed E-state index contributed by atoms with van der Waals surface area (Å²) in [6.45, 7) is 0.818. The Morgan fingerprint density at radius 3 is 2.42 bits per heavy atom. The fraction of sp³-hybridized carbons (Fsp3) is 0.562. The average Bonchev–Trinajstić information content (AvgIpc) is 2.52. The number of alkyl halides is 3. The molecular formula is C16H22ClF3N2O3S. The van der Waals surface area contributed by atoms with Crippen molar-refractivity contribution in [2.75, 3.05) is 24.7 Å². The number of hydrogen-bond acceptors (Lipinski definition) is 4. The Labute approximate surface area is 157 Å². The normalized spacial score (nSPS) is 17.2. The summed E-state index contributed by atoms with van der Waals surface area (Å²) < 4.78 is 59.9. The second-order valence-electron chi connectivity index (χ2n) is 6.29. The first-order valence-corrected chi connectivity index (χ1v) is 9.80. The highest BCUT2D eigenvalue weighted by Gasteiger charge is 2.48. The zero-order valence-corrected chi connectivity index (χ0v) is 15.9. The SMILES string of the molecule is CS(=O)(=O)C1(C(=O)Nc2cccc(CCC(F)(F)F)c2)CCNCC1.Cl. The van der Waals surface area contributed by atoms with Crippen molar-refractivity contribution in [2.45, 2.75) is 36.6 Å². The van der Waals surface area contributed by atoms with Crippen molar-refractivity contribution >= 4 is 33.8 Å². The summed E-state index contributed by atoms with van der Waals surface area (Å²) >= 11 is 0. The molecule has 0 aromatic heterocycles. The third-order valence-corrected chi connectivity index (χ3v) is 6.43. The number of piperidine rings is 1. The van der Waals surface area contributed by atoms with Crippen LogP contribution in [0.5, 0.6) is 0 Å². The highest BCUT2D eigenvalue weighted by atomic mass is 35.5. The number of nitrogens with one attached hydrogen (secondary N) is 2. The van der Waals surface area contributed by atoms with E-state index in [0.717, 1.165) is 6.26 Å². The third-order valence-electron chi connectivity index (χ3n) is 4.42. The molecule has 1 heterocycles. The lowest BCUT2D eigenvalue weighted by Crippen LogP contribution is -2.55. The molecule has 1 amide bonds. The van der Waals surface area contributed by atoms with Crippen LogP contribution in [0, 0.1) is 0 Å². The molecule has 0 radical (unpaired) electrons. The van der Waals surface area contributed by atoms with Gasteiger partial charge in [0.2, 0.25) is 5.91 Å². The molecule has 1 aliphatic rings. The summed E-state index contributed by atoms with van der Waals surface area (Å²) in [5.41, 5.74) is 0.722. The maximum Gasteiger partial charge on any atom is 0.389 e. The fourth-order valence-electron chi connectivity index (χ4n) is 2.93. The van der Waals surface area contributed by atoms with Crippen LogP contribution in [-0.2, 0) is 21.1 Å². The molecule has 1 aromatic rings. The van der Waals surface area contributed by atoms with E-state index >= 15 is 0 Å². The molecule has 2 N–H and O–H groups in total. The molecule has 148 valence electrons. The van der Waals surface area contributed by atoms with E-state index in [9.17, 15) is 26.4 Å². The van der Waals surface area contributed by atoms with Gasteiger partial charge in [-0.1, -0.05) is 12.1 Å². The van der Waals surface area contributed by atoms with Crippen LogP contribution in [0.15, 0.2) is 24.3 Å². The fourth-order valence-corrected chi connectivity index (χ4v) is 4.27. The van der Waals surface area contributed by atoms with Gasteiger partial charge >= 0.3 is 6.18 Å². The summed E-state index contributed by atoms with van der Waals surface area (Å²) in [6, 6.07) is 6.06. The number of rotatable bonds is 5. The smallest absolute Gasteiger partial charge is 0.325 e. The van der Waals surface area contributed by atoms with Crippen molar-refractivity contribution < 1.29 is 26.4 Å². The number of halogens is 4. The van der Waals surface area contributed by atoms with Crippen LogP contribution < -0.4 is 10.6 Å². The van der Waals surface area contributed by atoms with Crippen molar-refractivity contribution in [3.63, 3.8) is 0 Å². The second kappa shape index (κ2) is 8.58. The Bertz CT molecular complexity index is 733. The highest BCUT2D eigenvalue weighted by molar-refractivity contribution is 7.92. The van der Waals surface area contributed by atoms with Gasteiger partial charge in [0.1, 0.15) is 0 Å². The molecular weight excluding hydrogens is 393 g/mol. The molecule has 2 rings (SSSR count). The van der Waals surface area contributed by atoms with Crippen molar-refractivity contribution in [2.24, 2.45) is 0 Å². The van der Waals surface area contributed by atoms with E-state index in [2.05, 4.69) is 10.6 Å². The van der Waals surface area contributed by atoms with E-state index in [1.807, 2.05) is 0 Å². The third kappa shape index (κ3) is 5.59. The van der Waals surface area contributed by atoms with Gasteiger partial charge in [-0.25, -0.2) is 8.42 Å². The van der Waals surface area contributed by atoms with Crippen LogP contribution in [0.4, 0.5) is 18.9 Å². The zero-order chi connectivity index (χ0) is 18.7. The number of carbonyl (C=O) groups is 1. The van der Waals surface area contributed by atoms with Crippen molar-refractivity contribution in [3.8, 4) is 0 Å². The molecule has 1 aliphatic heterocycles. The Kier molecular flexibility index (Phi) is 7.50. The topological polar surface area (TPSA) is 75.3 Å². The minimum Gasteiger partial charge on any atom is -0.325 e. The molecule has 0 aliphatic carbocycles. The predicted molar refractivity (Wildman–Crippen MR) is 96.4 cm³/mol. The van der Waals surface area contributed by atoms with Crippen LogP contribution in [0.2, 0.25) is 0 Å². The maximum atomic E-state index is 12.7. The summed E-state index contributed by atoms with van der Waals surface area (Å²) in [6.07, 6.45) is -4.05. The van der Waals surface area contributed by atoms with Crippen LogP contribution in [0.25, 0.3) is 0 Å². The van der Waals surface area contributed by atoms with E-state index in [1.165, 1.54) is 24.3 Å². The molecule has 1 aromatic carbocycles. The van der Waals surface area contributed by atoms with Gasteiger partial charge in [0.25, 0.3) is 0 Å². The van der Waals surface area contributed by atoms with Crippen LogP contribution in [0.1, 0.15) is 24.8 Å². The van der Waals surface area contributed by atoms with E-state index < -0.39 is 33.1 Å². The Morgan fingerprint density at radius 1 is 1.27 bits per heavy atom. The van der Waals surface area contributed by atoms with E-state index in [4.69, 9.17) is 0 Å². The Morgan fingerprint density at radius 2 is 1.88 bits per heavy atom. The highest BCUT2D eigenvalue weighted by Crippen LogP contribution is 2.30. The lowest BCUT2D eigenvalue weighted by Gasteiger charge is -2.34. The van der Waals surface area contributed by atoms with Gasteiger partial charge in [0, 0.05) is 18.4 Å². The van der Waals surface area contributed by atoms with Crippen molar-refractivity contribution in [1.82, 2.24) is 5.32 Å². The molecule has 0 spiro atoms. The average molecular weight is 415 g/mol. The number of sulfone groups is 1. The van der Waals surface area contributed by atoms with E-state index in [-0.39, 0.29) is 31.7 Å². The molecule has 0 unspecified atom stereocenters. The van der Waals surface area contributed by atoms with Crippen LogP contribution in [0.3, 0.4) is 0 Å². The Balaban J connectivity index is 0.00000338. The molecule has 0 bridgehead atoms. The molecule has 0 saturated carbocycles. The van der Waals surface area contributed by atoms with Gasteiger partial charge in [-0.3, -0.25) is 4.79 Å². The second-order valence-corrected chi connectivity index (χ2v) is 8.61. The number of anilines is 1. The number of benzene rings is 1. The van der Waals surface area contributed by atoms with Gasteiger partial charge < -0.3 is 10.6 Å². The molecule has 5 nitrogen and oxygen atoms in total. The lowest BCUT2D eigenvalue weighted by atomic mass is 9.95. The first-order chi connectivity index (χ1) is 11.5. The maximum absolute atomic E-state index is 12.7. The van der Waals surface area contributed by atoms with E-state index in [1.54, 1.807) is 0 Å². The number of aryl methyl sites for hydroxylation is 1. The number of hydrogen-bond donors (Lipinski definition) is 2. The van der Waals surface area contributed by atoms with Crippen LogP contribution in [-0.4, -0.2) is 44.6 Å².